The molecule has 2 fully saturated rings. The summed E-state index contributed by atoms with van der Waals surface area (Å²) in [5.74, 6) is -0.244. The summed E-state index contributed by atoms with van der Waals surface area (Å²) >= 11 is 5.78. The second-order valence-corrected chi connectivity index (χ2v) is 6.81. The Kier molecular flexibility index (Phi) is 6.43. The highest BCUT2D eigenvalue weighted by Gasteiger charge is 2.29. The van der Waals surface area contributed by atoms with Crippen molar-refractivity contribution in [3.63, 3.8) is 0 Å². The number of hydrogen-bond donors (Lipinski definition) is 3. The average Bonchev–Trinajstić information content (AvgIpc) is 3.02. The van der Waals surface area contributed by atoms with Crippen molar-refractivity contribution in [2.75, 3.05) is 39.5 Å². The van der Waals surface area contributed by atoms with E-state index in [1.165, 1.54) is 6.07 Å². The van der Waals surface area contributed by atoms with E-state index in [1.807, 2.05) is 0 Å². The largest absolute Gasteiger partial charge is 0.381 e. The van der Waals surface area contributed by atoms with Gasteiger partial charge >= 0.3 is 0 Å². The summed E-state index contributed by atoms with van der Waals surface area (Å²) in [4.78, 5) is 0. The topological polar surface area (TPSA) is 62.8 Å². The molecular weight excluding hydrogens is 335 g/mol. The molecule has 7 heteroatoms. The summed E-state index contributed by atoms with van der Waals surface area (Å²) in [6.45, 7) is 3.89. The van der Waals surface area contributed by atoms with Crippen LogP contribution in [0.4, 0.5) is 4.39 Å². The minimum absolute atomic E-state index is 0.0741. The molecule has 134 valence electrons. The van der Waals surface area contributed by atoms with Gasteiger partial charge in [0.05, 0.1) is 24.3 Å². The van der Waals surface area contributed by atoms with Crippen LogP contribution in [0.15, 0.2) is 18.2 Å². The Morgan fingerprint density at radius 1 is 1.42 bits per heavy atom. The number of rotatable bonds is 5. The molecule has 0 saturated carbocycles. The number of hydrogen-bond acceptors (Lipinski definition) is 5. The number of aliphatic hydroxyl groups excluding tert-OH is 1. The van der Waals surface area contributed by atoms with Crippen molar-refractivity contribution in [3.8, 4) is 0 Å². The standard InChI is InChI=1S/C17H24ClFN2O3/c18-14-2-1-11(7-15(14)19)16-13(8-20-4-6-24-16)9-21-17(22)12-3-5-23-10-12/h1-2,7,12-13,16-17,20-22H,3-6,8-10H2. The normalized spacial score (nSPS) is 29.4. The second kappa shape index (κ2) is 8.56. The summed E-state index contributed by atoms with van der Waals surface area (Å²) in [5, 5.41) is 16.9. The van der Waals surface area contributed by atoms with Crippen LogP contribution in [0.3, 0.4) is 0 Å². The zero-order valence-electron chi connectivity index (χ0n) is 13.5. The van der Waals surface area contributed by atoms with Gasteiger partial charge in [-0.05, 0) is 24.1 Å². The van der Waals surface area contributed by atoms with Crippen LogP contribution in [0.1, 0.15) is 18.1 Å². The van der Waals surface area contributed by atoms with E-state index in [0.717, 1.165) is 25.1 Å². The molecule has 5 nitrogen and oxygen atoms in total. The van der Waals surface area contributed by atoms with Crippen LogP contribution in [0.2, 0.25) is 5.02 Å². The van der Waals surface area contributed by atoms with Crippen LogP contribution >= 0.6 is 11.6 Å². The minimum atomic E-state index is -0.599. The predicted molar refractivity (Wildman–Crippen MR) is 89.4 cm³/mol. The van der Waals surface area contributed by atoms with Gasteiger partial charge in [0.25, 0.3) is 0 Å². The van der Waals surface area contributed by atoms with Crippen LogP contribution in [0.25, 0.3) is 0 Å². The quantitative estimate of drug-likeness (QED) is 0.699. The van der Waals surface area contributed by atoms with Crippen molar-refractivity contribution in [2.24, 2.45) is 11.8 Å². The van der Waals surface area contributed by atoms with Gasteiger partial charge in [0, 0.05) is 38.1 Å². The lowest BCUT2D eigenvalue weighted by atomic mass is 9.94. The number of nitrogens with one attached hydrogen (secondary N) is 2. The average molecular weight is 359 g/mol. The molecule has 1 aromatic carbocycles. The van der Waals surface area contributed by atoms with Crippen molar-refractivity contribution in [1.29, 1.82) is 0 Å². The lowest BCUT2D eigenvalue weighted by molar-refractivity contribution is 0.0161. The van der Waals surface area contributed by atoms with Gasteiger partial charge in [-0.3, -0.25) is 5.32 Å². The zero-order valence-corrected chi connectivity index (χ0v) is 14.3. The maximum Gasteiger partial charge on any atom is 0.142 e. The third-order valence-electron chi connectivity index (χ3n) is 4.68. The number of benzene rings is 1. The molecule has 24 heavy (non-hydrogen) atoms. The molecule has 0 radical (unpaired) electrons. The molecule has 2 aliphatic heterocycles. The Morgan fingerprint density at radius 2 is 2.29 bits per heavy atom. The highest BCUT2D eigenvalue weighted by molar-refractivity contribution is 6.30. The predicted octanol–water partition coefficient (Wildman–Crippen LogP) is 1.70. The van der Waals surface area contributed by atoms with Crippen molar-refractivity contribution < 1.29 is 19.0 Å². The van der Waals surface area contributed by atoms with Gasteiger partial charge in [-0.15, -0.1) is 0 Å². The Morgan fingerprint density at radius 3 is 3.04 bits per heavy atom. The van der Waals surface area contributed by atoms with Gasteiger partial charge in [-0.1, -0.05) is 17.7 Å². The SMILES string of the molecule is OC(NCC1CNCCOC1c1ccc(Cl)c(F)c1)C1CCOC1. The van der Waals surface area contributed by atoms with E-state index >= 15 is 0 Å². The highest BCUT2D eigenvalue weighted by atomic mass is 35.5. The second-order valence-electron chi connectivity index (χ2n) is 6.41. The third-order valence-corrected chi connectivity index (χ3v) is 4.99. The molecule has 0 bridgehead atoms. The van der Waals surface area contributed by atoms with Gasteiger partial charge in [0.2, 0.25) is 0 Å². The summed E-state index contributed by atoms with van der Waals surface area (Å²) in [6.07, 6.45) is 0.0176. The zero-order chi connectivity index (χ0) is 16.9. The molecule has 2 heterocycles. The van der Waals surface area contributed by atoms with Gasteiger partial charge in [0.1, 0.15) is 12.0 Å². The smallest absolute Gasteiger partial charge is 0.142 e. The molecule has 3 N–H and O–H groups in total. The lowest BCUT2D eigenvalue weighted by Crippen LogP contribution is -2.42. The molecule has 0 aromatic heterocycles. The van der Waals surface area contributed by atoms with E-state index in [-0.39, 0.29) is 23.0 Å². The van der Waals surface area contributed by atoms with E-state index in [2.05, 4.69) is 10.6 Å². The fourth-order valence-corrected chi connectivity index (χ4v) is 3.38. The Labute approximate surface area is 146 Å². The van der Waals surface area contributed by atoms with E-state index in [4.69, 9.17) is 21.1 Å². The highest BCUT2D eigenvalue weighted by Crippen LogP contribution is 2.29. The number of aliphatic hydroxyl groups is 1. The summed E-state index contributed by atoms with van der Waals surface area (Å²) in [6, 6.07) is 4.80. The van der Waals surface area contributed by atoms with E-state index in [1.54, 1.807) is 12.1 Å². The molecule has 0 aliphatic carbocycles. The fourth-order valence-electron chi connectivity index (χ4n) is 3.27. The molecule has 3 rings (SSSR count). The Hall–Kier alpha value is -0.760. The Balaban J connectivity index is 1.66. The molecule has 0 spiro atoms. The van der Waals surface area contributed by atoms with Gasteiger partial charge in [0.15, 0.2) is 0 Å². The van der Waals surface area contributed by atoms with Crippen molar-refractivity contribution in [3.05, 3.63) is 34.6 Å². The summed E-state index contributed by atoms with van der Waals surface area (Å²) < 4.78 is 25.1. The van der Waals surface area contributed by atoms with Gasteiger partial charge in [-0.2, -0.15) is 0 Å². The van der Waals surface area contributed by atoms with Gasteiger partial charge in [-0.25, -0.2) is 4.39 Å². The molecule has 2 saturated heterocycles. The Bertz CT molecular complexity index is 543. The van der Waals surface area contributed by atoms with E-state index in [9.17, 15) is 9.50 Å². The fraction of sp³-hybridized carbons (Fsp3) is 0.647. The van der Waals surface area contributed by atoms with Crippen molar-refractivity contribution in [1.82, 2.24) is 10.6 Å². The number of ether oxygens (including phenoxy) is 2. The van der Waals surface area contributed by atoms with Crippen LogP contribution < -0.4 is 10.6 Å². The maximum absolute atomic E-state index is 13.8. The van der Waals surface area contributed by atoms with Crippen molar-refractivity contribution in [2.45, 2.75) is 18.8 Å². The van der Waals surface area contributed by atoms with Crippen LogP contribution in [-0.2, 0) is 9.47 Å². The minimum Gasteiger partial charge on any atom is -0.381 e. The lowest BCUT2D eigenvalue weighted by Gasteiger charge is -2.28. The summed E-state index contributed by atoms with van der Waals surface area (Å²) in [5.41, 5.74) is 0.770. The monoisotopic (exact) mass is 358 g/mol. The summed E-state index contributed by atoms with van der Waals surface area (Å²) in [7, 11) is 0. The first kappa shape index (κ1) is 18.0. The third kappa shape index (κ3) is 4.45. The molecular formula is C17H24ClFN2O3. The van der Waals surface area contributed by atoms with Crippen LogP contribution in [0.5, 0.6) is 0 Å². The first-order valence-corrected chi connectivity index (χ1v) is 8.79. The number of halogens is 2. The molecule has 4 unspecified atom stereocenters. The van der Waals surface area contributed by atoms with Crippen LogP contribution in [-0.4, -0.2) is 50.8 Å². The first-order valence-electron chi connectivity index (χ1n) is 8.41. The van der Waals surface area contributed by atoms with Crippen molar-refractivity contribution >= 4 is 11.6 Å². The molecule has 2 aliphatic rings. The molecule has 0 amide bonds. The molecule has 1 aromatic rings. The van der Waals surface area contributed by atoms with E-state index < -0.39 is 12.0 Å². The first-order chi connectivity index (χ1) is 11.6. The molecule has 4 atom stereocenters. The van der Waals surface area contributed by atoms with E-state index in [0.29, 0.717) is 26.4 Å². The van der Waals surface area contributed by atoms with Crippen LogP contribution in [0, 0.1) is 17.7 Å². The van der Waals surface area contributed by atoms with Gasteiger partial charge < -0.3 is 19.9 Å². The maximum atomic E-state index is 13.8.